The van der Waals surface area contributed by atoms with Gasteiger partial charge in [0.05, 0.1) is 36.2 Å². The lowest BCUT2D eigenvalue weighted by Gasteiger charge is -2.51. The lowest BCUT2D eigenvalue weighted by atomic mass is 9.81. The van der Waals surface area contributed by atoms with Crippen molar-refractivity contribution < 1.29 is 14.3 Å². The van der Waals surface area contributed by atoms with Crippen molar-refractivity contribution in [3.63, 3.8) is 0 Å². The molecule has 2 aromatic carbocycles. The number of β-amino-alcohol motifs (C(OH)–C–C–N with tert-alkyl or cyclic N) is 1. The molecule has 2 fully saturated rings. The fraction of sp³-hybridized carbons (Fsp3) is 0.370. The summed E-state index contributed by atoms with van der Waals surface area (Å²) in [7, 11) is 0. The van der Waals surface area contributed by atoms with E-state index in [9.17, 15) is 14.3 Å². The van der Waals surface area contributed by atoms with Gasteiger partial charge < -0.3 is 20.6 Å². The van der Waals surface area contributed by atoms with E-state index in [0.29, 0.717) is 22.3 Å². The SMILES string of the molecule is C/C=C/c1c(Nc2ccc(I)cc2F)c(C(=O)N2CC(O)([C@@H]3CCCCN3)C2)cc2c(C)cnnc12. The molecule has 0 bridgehead atoms. The number of likely N-dealkylation sites (tertiary alicyclic amines) is 1. The minimum absolute atomic E-state index is 0.0125. The number of rotatable bonds is 5. The Morgan fingerprint density at radius 1 is 1.33 bits per heavy atom. The molecular weight excluding hydrogens is 572 g/mol. The Hall–Kier alpha value is -2.63. The third-order valence-electron chi connectivity index (χ3n) is 7.10. The normalized spacial score (nSPS) is 19.5. The summed E-state index contributed by atoms with van der Waals surface area (Å²) in [5.74, 6) is -0.628. The van der Waals surface area contributed by atoms with Crippen molar-refractivity contribution >= 4 is 56.9 Å². The molecule has 0 aliphatic carbocycles. The van der Waals surface area contributed by atoms with E-state index in [-0.39, 0.29) is 30.7 Å². The molecule has 36 heavy (non-hydrogen) atoms. The number of carbonyl (C=O) groups excluding carboxylic acids is 1. The topological polar surface area (TPSA) is 90.4 Å². The number of halogens is 2. The maximum absolute atomic E-state index is 14.9. The summed E-state index contributed by atoms with van der Waals surface area (Å²) in [5.41, 5.74) is 2.39. The first kappa shape index (κ1) is 25.0. The molecule has 2 saturated heterocycles. The maximum Gasteiger partial charge on any atom is 0.256 e. The summed E-state index contributed by atoms with van der Waals surface area (Å²) in [5, 5.41) is 27.0. The van der Waals surface area contributed by atoms with E-state index in [0.717, 1.165) is 40.3 Å². The van der Waals surface area contributed by atoms with Crippen molar-refractivity contribution in [3.8, 4) is 0 Å². The average molecular weight is 601 g/mol. The van der Waals surface area contributed by atoms with Crippen LogP contribution in [0.15, 0.2) is 36.5 Å². The van der Waals surface area contributed by atoms with E-state index in [2.05, 4.69) is 43.4 Å². The predicted molar refractivity (Wildman–Crippen MR) is 148 cm³/mol. The molecule has 188 valence electrons. The number of fused-ring (bicyclic) bond motifs is 1. The number of allylic oxidation sites excluding steroid dienone is 1. The highest BCUT2D eigenvalue weighted by atomic mass is 127. The fourth-order valence-corrected chi connectivity index (χ4v) is 5.62. The van der Waals surface area contributed by atoms with Gasteiger partial charge >= 0.3 is 0 Å². The molecule has 1 aromatic heterocycles. The maximum atomic E-state index is 14.9. The van der Waals surface area contributed by atoms with Gasteiger partial charge in [-0.05, 0) is 85.7 Å². The number of piperidine rings is 1. The molecule has 3 N–H and O–H groups in total. The molecule has 3 aromatic rings. The van der Waals surface area contributed by atoms with Gasteiger partial charge in [-0.15, -0.1) is 5.10 Å². The van der Waals surface area contributed by atoms with Crippen LogP contribution in [0.25, 0.3) is 17.0 Å². The molecule has 0 radical (unpaired) electrons. The number of aromatic nitrogens is 2. The summed E-state index contributed by atoms with van der Waals surface area (Å²) in [4.78, 5) is 15.5. The number of aryl methyl sites for hydroxylation is 1. The zero-order valence-corrected chi connectivity index (χ0v) is 22.5. The van der Waals surface area contributed by atoms with E-state index < -0.39 is 11.4 Å². The Morgan fingerprint density at radius 2 is 2.14 bits per heavy atom. The van der Waals surface area contributed by atoms with Crippen molar-refractivity contribution in [2.24, 2.45) is 0 Å². The van der Waals surface area contributed by atoms with Crippen molar-refractivity contribution in [1.29, 1.82) is 0 Å². The van der Waals surface area contributed by atoms with Crippen molar-refractivity contribution in [2.45, 2.75) is 44.8 Å². The molecule has 1 atom stereocenters. The summed E-state index contributed by atoms with van der Waals surface area (Å²) in [6.07, 6.45) is 8.46. The Labute approximate surface area is 223 Å². The Bertz CT molecular complexity index is 1350. The second-order valence-corrected chi connectivity index (χ2v) is 10.9. The first-order chi connectivity index (χ1) is 17.3. The number of carbonyl (C=O) groups is 1. The highest BCUT2D eigenvalue weighted by molar-refractivity contribution is 14.1. The Morgan fingerprint density at radius 3 is 2.83 bits per heavy atom. The van der Waals surface area contributed by atoms with Crippen LogP contribution in [0.1, 0.15) is 47.7 Å². The second kappa shape index (κ2) is 10.0. The fourth-order valence-electron chi connectivity index (χ4n) is 5.16. The first-order valence-corrected chi connectivity index (χ1v) is 13.3. The van der Waals surface area contributed by atoms with E-state index in [4.69, 9.17) is 0 Å². The van der Waals surface area contributed by atoms with Crippen LogP contribution >= 0.6 is 22.6 Å². The van der Waals surface area contributed by atoms with Crippen LogP contribution in [0.4, 0.5) is 15.8 Å². The smallest absolute Gasteiger partial charge is 0.256 e. The highest BCUT2D eigenvalue weighted by Crippen LogP contribution is 2.37. The molecular formula is C27H29FIN5O2. The quantitative estimate of drug-likeness (QED) is 0.365. The molecule has 9 heteroatoms. The number of aliphatic hydroxyl groups is 1. The third kappa shape index (κ3) is 4.59. The van der Waals surface area contributed by atoms with Gasteiger partial charge in [0.1, 0.15) is 16.9 Å². The van der Waals surface area contributed by atoms with Gasteiger partial charge in [-0.1, -0.05) is 18.6 Å². The molecule has 3 heterocycles. The van der Waals surface area contributed by atoms with Gasteiger partial charge in [-0.2, -0.15) is 5.10 Å². The average Bonchev–Trinajstić information content (AvgIpc) is 2.85. The van der Waals surface area contributed by atoms with Crippen LogP contribution in [0.3, 0.4) is 0 Å². The molecule has 0 saturated carbocycles. The molecule has 7 nitrogen and oxygen atoms in total. The minimum Gasteiger partial charge on any atom is -0.385 e. The minimum atomic E-state index is -0.934. The number of nitrogens with zero attached hydrogens (tertiary/aromatic N) is 3. The highest BCUT2D eigenvalue weighted by Gasteiger charge is 2.49. The van der Waals surface area contributed by atoms with Crippen LogP contribution < -0.4 is 10.6 Å². The molecule has 2 aliphatic rings. The first-order valence-electron chi connectivity index (χ1n) is 12.2. The standard InChI is InChI=1S/C27H29FIN5O2/c1-3-6-18-24(32-22-9-8-17(29)11-21(22)28)20(12-19-16(2)13-31-33-25(18)19)26(35)34-14-27(36,15-34)23-7-4-5-10-30-23/h3,6,8-9,11-13,23,30,32,36H,4-5,7,10,14-15H2,1-2H3/b6-3+/t23-/m0/s1. The van der Waals surface area contributed by atoms with Crippen molar-refractivity contribution in [2.75, 3.05) is 25.0 Å². The van der Waals surface area contributed by atoms with E-state index in [1.54, 1.807) is 29.3 Å². The van der Waals surface area contributed by atoms with Gasteiger partial charge in [0.15, 0.2) is 0 Å². The molecule has 2 aliphatic heterocycles. The number of benzene rings is 2. The summed E-state index contributed by atoms with van der Waals surface area (Å²) in [6, 6.07) is 6.70. The van der Waals surface area contributed by atoms with Crippen LogP contribution in [0.2, 0.25) is 0 Å². The van der Waals surface area contributed by atoms with Crippen molar-refractivity contribution in [3.05, 3.63) is 62.6 Å². The zero-order chi connectivity index (χ0) is 25.4. The number of hydrogen-bond acceptors (Lipinski definition) is 6. The molecule has 0 unspecified atom stereocenters. The Kier molecular flexibility index (Phi) is 6.97. The van der Waals surface area contributed by atoms with Crippen molar-refractivity contribution in [1.82, 2.24) is 20.4 Å². The Balaban J connectivity index is 1.58. The number of nitrogens with one attached hydrogen (secondary N) is 2. The van der Waals surface area contributed by atoms with Gasteiger partial charge in [0, 0.05) is 20.6 Å². The largest absolute Gasteiger partial charge is 0.385 e. The van der Waals surface area contributed by atoms with Gasteiger partial charge in [-0.3, -0.25) is 4.79 Å². The molecule has 5 rings (SSSR count). The van der Waals surface area contributed by atoms with Gasteiger partial charge in [0.25, 0.3) is 5.91 Å². The molecule has 0 spiro atoms. The number of hydrogen-bond donors (Lipinski definition) is 3. The van der Waals surface area contributed by atoms with Crippen LogP contribution in [-0.2, 0) is 0 Å². The number of anilines is 2. The monoisotopic (exact) mass is 601 g/mol. The third-order valence-corrected chi connectivity index (χ3v) is 7.77. The summed E-state index contributed by atoms with van der Waals surface area (Å²) >= 11 is 2.06. The van der Waals surface area contributed by atoms with Gasteiger partial charge in [0.2, 0.25) is 0 Å². The van der Waals surface area contributed by atoms with Gasteiger partial charge in [-0.25, -0.2) is 4.39 Å². The zero-order valence-electron chi connectivity index (χ0n) is 20.3. The lowest BCUT2D eigenvalue weighted by Crippen LogP contribution is -2.72. The van der Waals surface area contributed by atoms with E-state index in [1.807, 2.05) is 26.0 Å². The number of amides is 1. The van der Waals surface area contributed by atoms with Crippen LogP contribution in [-0.4, -0.2) is 57.4 Å². The van der Waals surface area contributed by atoms with Crippen LogP contribution in [0.5, 0.6) is 0 Å². The predicted octanol–water partition coefficient (Wildman–Crippen LogP) is 4.79. The van der Waals surface area contributed by atoms with E-state index in [1.165, 1.54) is 6.07 Å². The molecule has 1 amide bonds. The second-order valence-electron chi connectivity index (χ2n) is 9.65. The van der Waals surface area contributed by atoms with E-state index >= 15 is 0 Å². The van der Waals surface area contributed by atoms with Crippen LogP contribution in [0, 0.1) is 16.3 Å². The summed E-state index contributed by atoms with van der Waals surface area (Å²) < 4.78 is 15.6. The summed E-state index contributed by atoms with van der Waals surface area (Å²) in [6.45, 7) is 5.20. The lowest BCUT2D eigenvalue weighted by molar-refractivity contribution is -0.108.